The van der Waals surface area contributed by atoms with Crippen LogP contribution in [0.5, 0.6) is 11.5 Å². The van der Waals surface area contributed by atoms with Crippen LogP contribution in [-0.4, -0.2) is 39.9 Å². The molecule has 2 aromatic rings. The molecule has 3 rings (SSSR count). The molecule has 1 aromatic heterocycles. The minimum absolute atomic E-state index is 0.0343. The largest absolute Gasteiger partial charge is 0.493 e. The monoisotopic (exact) mass is 512 g/mol. The molecule has 1 unspecified atom stereocenters. The lowest BCUT2D eigenvalue weighted by Crippen LogP contribution is -2.19. The third-order valence-electron chi connectivity index (χ3n) is 6.98. The van der Waals surface area contributed by atoms with Crippen LogP contribution in [0.25, 0.3) is 10.9 Å². The van der Waals surface area contributed by atoms with E-state index in [-0.39, 0.29) is 13.0 Å². The number of aryl methyl sites for hydroxylation is 1. The lowest BCUT2D eigenvalue weighted by atomic mass is 9.85. The Hall–Kier alpha value is -3.21. The van der Waals surface area contributed by atoms with Gasteiger partial charge in [0.05, 0.1) is 30.7 Å². The average molecular weight is 513 g/mol. The molecule has 37 heavy (non-hydrogen) atoms. The van der Waals surface area contributed by atoms with Gasteiger partial charge in [-0.15, -0.1) is 0 Å². The van der Waals surface area contributed by atoms with Gasteiger partial charge in [-0.1, -0.05) is 32.6 Å². The van der Waals surface area contributed by atoms with E-state index in [1.54, 1.807) is 0 Å². The second-order valence-corrected chi connectivity index (χ2v) is 9.84. The molecule has 1 aliphatic rings. The number of carboxylic acid groups (broad SMARTS) is 2. The molecule has 1 aliphatic carbocycles. The van der Waals surface area contributed by atoms with Gasteiger partial charge in [0.15, 0.2) is 0 Å². The maximum Gasteiger partial charge on any atom is 0.311 e. The number of rotatable bonds is 17. The van der Waals surface area contributed by atoms with Gasteiger partial charge in [0.1, 0.15) is 11.5 Å². The van der Waals surface area contributed by atoms with Gasteiger partial charge in [-0.3, -0.25) is 9.59 Å². The molecule has 0 bridgehead atoms. The summed E-state index contributed by atoms with van der Waals surface area (Å²) in [6, 6.07) is 5.98. The number of aliphatic carboxylic acids is 2. The van der Waals surface area contributed by atoms with E-state index >= 15 is 0 Å². The van der Waals surface area contributed by atoms with Gasteiger partial charge in [-0.05, 0) is 56.6 Å². The molecule has 0 amide bonds. The highest BCUT2D eigenvalue weighted by Crippen LogP contribution is 2.44. The van der Waals surface area contributed by atoms with Gasteiger partial charge in [-0.25, -0.2) is 0 Å². The van der Waals surface area contributed by atoms with E-state index in [9.17, 15) is 14.7 Å². The Kier molecular flexibility index (Phi) is 11.1. The number of carbonyl (C=O) groups is 2. The van der Waals surface area contributed by atoms with Crippen molar-refractivity contribution in [3.8, 4) is 17.6 Å². The maximum atomic E-state index is 12.2. The number of nitriles is 1. The minimum Gasteiger partial charge on any atom is -0.493 e. The molecule has 8 heteroatoms. The predicted octanol–water partition coefficient (Wildman–Crippen LogP) is 6.43. The first-order valence-corrected chi connectivity index (χ1v) is 13.7. The van der Waals surface area contributed by atoms with E-state index in [1.165, 1.54) is 0 Å². The van der Waals surface area contributed by atoms with Crippen LogP contribution in [0.2, 0.25) is 0 Å². The van der Waals surface area contributed by atoms with Crippen molar-refractivity contribution in [2.24, 2.45) is 0 Å². The quantitative estimate of drug-likeness (QED) is 0.234. The van der Waals surface area contributed by atoms with Crippen molar-refractivity contribution in [3.63, 3.8) is 0 Å². The molecule has 1 heterocycles. The van der Waals surface area contributed by atoms with E-state index in [4.69, 9.17) is 19.8 Å². The Labute approximate surface area is 219 Å². The zero-order valence-corrected chi connectivity index (χ0v) is 22.0. The van der Waals surface area contributed by atoms with Crippen molar-refractivity contribution in [2.75, 3.05) is 13.2 Å². The van der Waals surface area contributed by atoms with Crippen molar-refractivity contribution in [1.82, 2.24) is 4.57 Å². The van der Waals surface area contributed by atoms with Crippen molar-refractivity contribution in [3.05, 3.63) is 23.4 Å². The van der Waals surface area contributed by atoms with Crippen molar-refractivity contribution >= 4 is 22.8 Å². The molecule has 202 valence electrons. The normalized spacial score (nSPS) is 14.8. The van der Waals surface area contributed by atoms with Crippen molar-refractivity contribution in [2.45, 2.75) is 103 Å². The Morgan fingerprint density at radius 3 is 2.51 bits per heavy atom. The molecule has 1 atom stereocenters. The zero-order chi connectivity index (χ0) is 26.6. The minimum atomic E-state index is -0.858. The number of fused-ring (bicyclic) bond motifs is 3. The molecular formula is C29H40N2O6. The number of nitrogens with zero attached hydrogens (tertiary/aromatic N) is 2. The van der Waals surface area contributed by atoms with Gasteiger partial charge in [-0.2, -0.15) is 5.26 Å². The van der Waals surface area contributed by atoms with Crippen molar-refractivity contribution < 1.29 is 29.3 Å². The summed E-state index contributed by atoms with van der Waals surface area (Å²) in [5, 5.41) is 28.5. The SMILES string of the molecule is CCCOc1cc(OCCCC(=O)O)cc2c3c(n(CCCCCCCCC#N)c12)CCCC3C(=O)O. The number of hydrogen-bond acceptors (Lipinski definition) is 5. The first-order valence-electron chi connectivity index (χ1n) is 13.7. The molecule has 0 aliphatic heterocycles. The van der Waals surface area contributed by atoms with E-state index in [0.29, 0.717) is 37.4 Å². The average Bonchev–Trinajstić information content (AvgIpc) is 3.20. The first-order chi connectivity index (χ1) is 18.0. The van der Waals surface area contributed by atoms with Gasteiger partial charge in [0.25, 0.3) is 0 Å². The summed E-state index contributed by atoms with van der Waals surface area (Å²) in [5.74, 6) is -0.947. The first kappa shape index (κ1) is 28.4. The summed E-state index contributed by atoms with van der Waals surface area (Å²) in [6.45, 7) is 3.66. The van der Waals surface area contributed by atoms with E-state index in [0.717, 1.165) is 86.5 Å². The fourth-order valence-corrected chi connectivity index (χ4v) is 5.27. The number of aromatic nitrogens is 1. The van der Waals surface area contributed by atoms with Gasteiger partial charge < -0.3 is 24.3 Å². The zero-order valence-electron chi connectivity index (χ0n) is 22.0. The maximum absolute atomic E-state index is 12.2. The van der Waals surface area contributed by atoms with Crippen LogP contribution in [0.4, 0.5) is 0 Å². The molecule has 2 N–H and O–H groups in total. The summed E-state index contributed by atoms with van der Waals surface area (Å²) in [6.07, 6.45) is 10.5. The number of benzene rings is 1. The standard InChI is InChI=1S/C29H40N2O6/c1-2-17-37-25-20-21(36-18-11-14-26(32)33)19-23-27-22(29(34)35)12-10-13-24(27)31(28(23)25)16-9-7-5-3-4-6-8-15-30/h19-20,22H,2-14,16-18H2,1H3,(H,32,33)(H,34,35). The molecule has 1 aromatic carbocycles. The molecule has 0 saturated carbocycles. The Morgan fingerprint density at radius 2 is 1.81 bits per heavy atom. The molecule has 0 spiro atoms. The van der Waals surface area contributed by atoms with Crippen LogP contribution in [0.3, 0.4) is 0 Å². The molecular weight excluding hydrogens is 472 g/mol. The third-order valence-corrected chi connectivity index (χ3v) is 6.98. The highest BCUT2D eigenvalue weighted by Gasteiger charge is 2.33. The van der Waals surface area contributed by atoms with E-state index < -0.39 is 17.9 Å². The number of unbranched alkanes of at least 4 members (excludes halogenated alkanes) is 6. The predicted molar refractivity (Wildman–Crippen MR) is 141 cm³/mol. The van der Waals surface area contributed by atoms with Crippen LogP contribution in [0.1, 0.15) is 101 Å². The second-order valence-electron chi connectivity index (χ2n) is 9.84. The van der Waals surface area contributed by atoms with Crippen molar-refractivity contribution in [1.29, 1.82) is 5.26 Å². The Bertz CT molecular complexity index is 1100. The van der Waals surface area contributed by atoms with Gasteiger partial charge in [0.2, 0.25) is 0 Å². The van der Waals surface area contributed by atoms with Crippen LogP contribution in [0.15, 0.2) is 12.1 Å². The van der Waals surface area contributed by atoms with E-state index in [1.807, 2.05) is 19.1 Å². The highest BCUT2D eigenvalue weighted by molar-refractivity contribution is 5.96. The Morgan fingerprint density at radius 1 is 1.05 bits per heavy atom. The molecule has 0 fully saturated rings. The fraction of sp³-hybridized carbons (Fsp3) is 0.621. The van der Waals surface area contributed by atoms with Crippen LogP contribution >= 0.6 is 0 Å². The number of hydrogen-bond donors (Lipinski definition) is 2. The fourth-order valence-electron chi connectivity index (χ4n) is 5.27. The topological polar surface area (TPSA) is 122 Å². The highest BCUT2D eigenvalue weighted by atomic mass is 16.5. The lowest BCUT2D eigenvalue weighted by molar-refractivity contribution is -0.139. The lowest BCUT2D eigenvalue weighted by Gasteiger charge is -2.21. The summed E-state index contributed by atoms with van der Waals surface area (Å²) >= 11 is 0. The summed E-state index contributed by atoms with van der Waals surface area (Å²) in [7, 11) is 0. The van der Waals surface area contributed by atoms with E-state index in [2.05, 4.69) is 10.6 Å². The van der Waals surface area contributed by atoms with Gasteiger partial charge in [0, 0.05) is 36.5 Å². The van der Waals surface area contributed by atoms with Gasteiger partial charge >= 0.3 is 11.9 Å². The van der Waals surface area contributed by atoms with Crippen LogP contribution in [0, 0.1) is 11.3 Å². The second kappa shape index (κ2) is 14.5. The van der Waals surface area contributed by atoms with Crippen LogP contribution < -0.4 is 9.47 Å². The number of carboxylic acids is 2. The summed E-state index contributed by atoms with van der Waals surface area (Å²) in [4.78, 5) is 23.1. The molecule has 0 radical (unpaired) electrons. The molecule has 8 nitrogen and oxygen atoms in total. The third kappa shape index (κ3) is 7.64. The summed E-state index contributed by atoms with van der Waals surface area (Å²) < 4.78 is 14.4. The van der Waals surface area contributed by atoms with Crippen LogP contribution in [-0.2, 0) is 22.6 Å². The summed E-state index contributed by atoms with van der Waals surface area (Å²) in [5.41, 5.74) is 2.91. The number of ether oxygens (including phenoxy) is 2. The smallest absolute Gasteiger partial charge is 0.311 e. The molecule has 0 saturated heterocycles. The Balaban J connectivity index is 1.91.